The molecule has 0 saturated heterocycles. The van der Waals surface area contributed by atoms with E-state index < -0.39 is 12.2 Å². The smallest absolute Gasteiger partial charge is 0.410 e. The van der Waals surface area contributed by atoms with Crippen LogP contribution >= 0.6 is 0 Å². The average molecular weight is 428 g/mol. The van der Waals surface area contributed by atoms with Crippen LogP contribution in [0.5, 0.6) is 11.5 Å². The van der Waals surface area contributed by atoms with Gasteiger partial charge in [0.2, 0.25) is 0 Å². The van der Waals surface area contributed by atoms with Crippen LogP contribution in [0.4, 0.5) is 15.3 Å². The summed E-state index contributed by atoms with van der Waals surface area (Å²) in [6.07, 6.45) is 0.989. The van der Waals surface area contributed by atoms with Crippen molar-refractivity contribution in [3.05, 3.63) is 53.6 Å². The molecule has 168 valence electrons. The molecule has 2 rings (SSSR count). The SMILES string of the molecule is CCC(c1ccc(OC(=O)N(C)C)cc1)C(CC)c1ccc(OC(=O)N(C)C)c(N)c1. The Morgan fingerprint density at radius 3 is 1.77 bits per heavy atom. The van der Waals surface area contributed by atoms with Crippen molar-refractivity contribution in [2.24, 2.45) is 0 Å². The third-order valence-electron chi connectivity index (χ3n) is 5.27. The van der Waals surface area contributed by atoms with Gasteiger partial charge < -0.3 is 25.0 Å². The van der Waals surface area contributed by atoms with Crippen LogP contribution in [0.25, 0.3) is 0 Å². The highest BCUT2D eigenvalue weighted by Gasteiger charge is 2.23. The zero-order valence-corrected chi connectivity index (χ0v) is 19.2. The highest BCUT2D eigenvalue weighted by Crippen LogP contribution is 2.40. The number of ether oxygens (including phenoxy) is 2. The van der Waals surface area contributed by atoms with Crippen LogP contribution in [0.1, 0.15) is 49.7 Å². The van der Waals surface area contributed by atoms with Crippen molar-refractivity contribution in [3.8, 4) is 11.5 Å². The van der Waals surface area contributed by atoms with E-state index in [1.54, 1.807) is 34.3 Å². The predicted octanol–water partition coefficient (Wildman–Crippen LogP) is 5.08. The van der Waals surface area contributed by atoms with E-state index in [1.807, 2.05) is 36.4 Å². The minimum atomic E-state index is -0.465. The molecule has 0 fully saturated rings. The van der Waals surface area contributed by atoms with Gasteiger partial charge in [-0.15, -0.1) is 0 Å². The molecule has 2 unspecified atom stereocenters. The lowest BCUT2D eigenvalue weighted by Gasteiger charge is -2.27. The minimum absolute atomic E-state index is 0.237. The highest BCUT2D eigenvalue weighted by molar-refractivity contribution is 5.73. The second-order valence-electron chi connectivity index (χ2n) is 7.92. The molecule has 2 atom stereocenters. The van der Waals surface area contributed by atoms with Crippen molar-refractivity contribution >= 4 is 17.9 Å². The van der Waals surface area contributed by atoms with Crippen LogP contribution in [0.15, 0.2) is 42.5 Å². The van der Waals surface area contributed by atoms with Gasteiger partial charge in [0, 0.05) is 28.2 Å². The number of nitrogen functional groups attached to an aromatic ring is 1. The Morgan fingerprint density at radius 1 is 0.806 bits per heavy atom. The Labute approximate surface area is 184 Å². The first-order chi connectivity index (χ1) is 14.7. The quantitative estimate of drug-likeness (QED) is 0.623. The fraction of sp³-hybridized carbons (Fsp3) is 0.417. The Bertz CT molecular complexity index is 894. The molecule has 0 heterocycles. The van der Waals surface area contributed by atoms with E-state index >= 15 is 0 Å². The number of amides is 2. The third kappa shape index (κ3) is 6.13. The standard InChI is InChI=1S/C24H33N3O4/c1-7-19(16-9-12-18(13-10-16)30-23(28)26(3)4)20(8-2)17-11-14-22(21(25)15-17)31-24(29)27(5)6/h9-15,19-20H,7-8,25H2,1-6H3. The molecule has 2 N–H and O–H groups in total. The van der Waals surface area contributed by atoms with Crippen molar-refractivity contribution in [1.29, 1.82) is 0 Å². The van der Waals surface area contributed by atoms with Crippen LogP contribution in [0.3, 0.4) is 0 Å². The molecule has 0 aromatic heterocycles. The zero-order valence-electron chi connectivity index (χ0n) is 19.2. The van der Waals surface area contributed by atoms with Crippen molar-refractivity contribution in [2.75, 3.05) is 33.9 Å². The number of carbonyl (C=O) groups is 2. The molecule has 7 nitrogen and oxygen atoms in total. The molecule has 0 aliphatic heterocycles. The monoisotopic (exact) mass is 427 g/mol. The lowest BCUT2D eigenvalue weighted by Crippen LogP contribution is -2.25. The first kappa shape index (κ1) is 24.1. The van der Waals surface area contributed by atoms with Crippen LogP contribution in [0.2, 0.25) is 0 Å². The summed E-state index contributed by atoms with van der Waals surface area (Å²) in [6, 6.07) is 13.3. The van der Waals surface area contributed by atoms with Gasteiger partial charge in [-0.1, -0.05) is 32.0 Å². The lowest BCUT2D eigenvalue weighted by molar-refractivity contribution is 0.171. The first-order valence-electron chi connectivity index (χ1n) is 10.5. The molecule has 0 saturated carbocycles. The number of anilines is 1. The van der Waals surface area contributed by atoms with E-state index in [4.69, 9.17) is 15.2 Å². The maximum atomic E-state index is 11.8. The molecule has 2 aromatic carbocycles. The molecule has 0 aliphatic rings. The zero-order chi connectivity index (χ0) is 23.1. The second-order valence-corrected chi connectivity index (χ2v) is 7.92. The maximum absolute atomic E-state index is 11.8. The molecule has 0 aliphatic carbocycles. The molecule has 2 amide bonds. The number of benzene rings is 2. The summed E-state index contributed by atoms with van der Waals surface area (Å²) in [5.74, 6) is 1.37. The Kier molecular flexibility index (Phi) is 8.30. The van der Waals surface area contributed by atoms with Crippen LogP contribution in [0, 0.1) is 0 Å². The van der Waals surface area contributed by atoms with Crippen molar-refractivity contribution in [1.82, 2.24) is 9.80 Å². The first-order valence-corrected chi connectivity index (χ1v) is 10.5. The molecule has 0 bridgehead atoms. The lowest BCUT2D eigenvalue weighted by atomic mass is 9.78. The largest absolute Gasteiger partial charge is 0.414 e. The highest BCUT2D eigenvalue weighted by atomic mass is 16.6. The molecule has 0 spiro atoms. The van der Waals surface area contributed by atoms with E-state index in [-0.39, 0.29) is 11.8 Å². The molecular weight excluding hydrogens is 394 g/mol. The van der Waals surface area contributed by atoms with Crippen molar-refractivity contribution < 1.29 is 19.1 Å². The van der Waals surface area contributed by atoms with Crippen LogP contribution in [-0.4, -0.2) is 50.2 Å². The normalized spacial score (nSPS) is 12.6. The average Bonchev–Trinajstić information content (AvgIpc) is 2.73. The van der Waals surface area contributed by atoms with E-state index in [2.05, 4.69) is 13.8 Å². The Balaban J connectivity index is 2.24. The third-order valence-corrected chi connectivity index (χ3v) is 5.27. The molecule has 7 heteroatoms. The fourth-order valence-corrected chi connectivity index (χ4v) is 3.56. The van der Waals surface area contributed by atoms with Gasteiger partial charge in [-0.3, -0.25) is 0 Å². The summed E-state index contributed by atoms with van der Waals surface area (Å²) in [5.41, 5.74) is 8.89. The predicted molar refractivity (Wildman–Crippen MR) is 123 cm³/mol. The number of hydrogen-bond acceptors (Lipinski definition) is 5. The summed E-state index contributed by atoms with van der Waals surface area (Å²) < 4.78 is 10.6. The van der Waals surface area contributed by atoms with E-state index in [0.717, 1.165) is 18.4 Å². The minimum Gasteiger partial charge on any atom is -0.410 e. The van der Waals surface area contributed by atoms with Crippen molar-refractivity contribution in [2.45, 2.75) is 38.5 Å². The van der Waals surface area contributed by atoms with Gasteiger partial charge in [0.05, 0.1) is 5.69 Å². The summed E-state index contributed by atoms with van der Waals surface area (Å²) in [5, 5.41) is 0. The number of nitrogens with zero attached hydrogens (tertiary/aromatic N) is 2. The molecule has 2 aromatic rings. The molecular formula is C24H33N3O4. The summed E-state index contributed by atoms with van der Waals surface area (Å²) in [6.45, 7) is 4.31. The number of carbonyl (C=O) groups excluding carboxylic acids is 2. The van der Waals surface area contributed by atoms with Gasteiger partial charge in [0.25, 0.3) is 0 Å². The summed E-state index contributed by atoms with van der Waals surface area (Å²) in [4.78, 5) is 26.3. The number of rotatable bonds is 7. The van der Waals surface area contributed by atoms with E-state index in [0.29, 0.717) is 17.2 Å². The Morgan fingerprint density at radius 2 is 1.29 bits per heavy atom. The fourth-order valence-electron chi connectivity index (χ4n) is 3.56. The summed E-state index contributed by atoms with van der Waals surface area (Å²) >= 11 is 0. The van der Waals surface area contributed by atoms with Crippen LogP contribution in [-0.2, 0) is 0 Å². The van der Waals surface area contributed by atoms with Gasteiger partial charge in [0.1, 0.15) is 5.75 Å². The van der Waals surface area contributed by atoms with E-state index in [1.165, 1.54) is 15.4 Å². The van der Waals surface area contributed by atoms with Crippen molar-refractivity contribution in [3.63, 3.8) is 0 Å². The van der Waals surface area contributed by atoms with Gasteiger partial charge >= 0.3 is 12.2 Å². The summed E-state index contributed by atoms with van der Waals surface area (Å²) in [7, 11) is 6.54. The molecule has 0 radical (unpaired) electrons. The molecule has 31 heavy (non-hydrogen) atoms. The number of hydrogen-bond donors (Lipinski definition) is 1. The van der Waals surface area contributed by atoms with Gasteiger partial charge in [0.15, 0.2) is 5.75 Å². The second kappa shape index (κ2) is 10.7. The topological polar surface area (TPSA) is 85.1 Å². The van der Waals surface area contributed by atoms with Gasteiger partial charge in [-0.25, -0.2) is 9.59 Å². The maximum Gasteiger partial charge on any atom is 0.414 e. The van der Waals surface area contributed by atoms with Gasteiger partial charge in [-0.05, 0) is 60.1 Å². The van der Waals surface area contributed by atoms with E-state index in [9.17, 15) is 9.59 Å². The Hall–Kier alpha value is -3.22. The van der Waals surface area contributed by atoms with Crippen LogP contribution < -0.4 is 15.2 Å². The number of nitrogens with two attached hydrogens (primary N) is 1. The van der Waals surface area contributed by atoms with Gasteiger partial charge in [-0.2, -0.15) is 0 Å².